The summed E-state index contributed by atoms with van der Waals surface area (Å²) in [6.07, 6.45) is -0.744. The van der Waals surface area contributed by atoms with Crippen molar-refractivity contribution in [1.82, 2.24) is 0 Å². The molecule has 1 saturated heterocycles. The molecule has 1 aromatic rings. The summed E-state index contributed by atoms with van der Waals surface area (Å²) in [5, 5.41) is 0. The molecule has 0 N–H and O–H groups in total. The molecule has 1 heterocycles. The molecule has 92 valence electrons. The minimum Gasteiger partial charge on any atom is -0.352 e. The van der Waals surface area contributed by atoms with Gasteiger partial charge in [-0.25, -0.2) is 4.79 Å². The number of carbonyl (C=O) groups excluding carboxylic acids is 1. The molecule has 0 aromatic heterocycles. The SMILES string of the molecule is CC(C)(C)OOC(=O)[C@@H]1O[C@H]1c1ccccc1. The Balaban J connectivity index is 1.85. The van der Waals surface area contributed by atoms with Crippen molar-refractivity contribution < 1.29 is 19.3 Å². The van der Waals surface area contributed by atoms with Crippen LogP contribution in [0.1, 0.15) is 32.4 Å². The Hall–Kier alpha value is -1.39. The first kappa shape index (κ1) is 12.1. The third kappa shape index (κ3) is 3.28. The maximum Gasteiger partial charge on any atom is 0.373 e. The molecule has 1 fully saturated rings. The third-order valence-electron chi connectivity index (χ3n) is 2.23. The maximum absolute atomic E-state index is 11.6. The topological polar surface area (TPSA) is 48.1 Å². The third-order valence-corrected chi connectivity index (χ3v) is 2.23. The average Bonchev–Trinajstić information content (AvgIpc) is 3.06. The Morgan fingerprint density at radius 1 is 1.24 bits per heavy atom. The van der Waals surface area contributed by atoms with E-state index >= 15 is 0 Å². The average molecular weight is 236 g/mol. The van der Waals surface area contributed by atoms with Gasteiger partial charge in [0.15, 0.2) is 6.10 Å². The zero-order chi connectivity index (χ0) is 12.5. The fourth-order valence-corrected chi connectivity index (χ4v) is 1.40. The molecule has 0 radical (unpaired) electrons. The molecule has 2 atom stereocenters. The molecule has 0 aliphatic carbocycles. The number of rotatable bonds is 3. The molecule has 1 aromatic carbocycles. The van der Waals surface area contributed by atoms with Crippen LogP contribution >= 0.6 is 0 Å². The maximum atomic E-state index is 11.6. The summed E-state index contributed by atoms with van der Waals surface area (Å²) in [6.45, 7) is 5.42. The van der Waals surface area contributed by atoms with Crippen molar-refractivity contribution in [1.29, 1.82) is 0 Å². The fourth-order valence-electron chi connectivity index (χ4n) is 1.40. The smallest absolute Gasteiger partial charge is 0.352 e. The first-order valence-electron chi connectivity index (χ1n) is 5.57. The zero-order valence-electron chi connectivity index (χ0n) is 10.2. The van der Waals surface area contributed by atoms with Crippen LogP contribution in [0.2, 0.25) is 0 Å². The lowest BCUT2D eigenvalue weighted by Crippen LogP contribution is -2.24. The highest BCUT2D eigenvalue weighted by Crippen LogP contribution is 2.39. The molecule has 0 unspecified atom stereocenters. The van der Waals surface area contributed by atoms with Gasteiger partial charge >= 0.3 is 5.97 Å². The van der Waals surface area contributed by atoms with Crippen LogP contribution in [0.25, 0.3) is 0 Å². The lowest BCUT2D eigenvalue weighted by Gasteiger charge is -2.15. The molecular formula is C13H16O4. The second-order valence-electron chi connectivity index (χ2n) is 4.99. The molecule has 1 aliphatic rings. The highest BCUT2D eigenvalue weighted by molar-refractivity contribution is 5.77. The lowest BCUT2D eigenvalue weighted by atomic mass is 10.1. The molecule has 1 aliphatic heterocycles. The van der Waals surface area contributed by atoms with E-state index in [4.69, 9.17) is 14.5 Å². The van der Waals surface area contributed by atoms with Crippen molar-refractivity contribution in [2.75, 3.05) is 0 Å². The Morgan fingerprint density at radius 2 is 1.88 bits per heavy atom. The van der Waals surface area contributed by atoms with Gasteiger partial charge in [0.05, 0.1) is 0 Å². The van der Waals surface area contributed by atoms with E-state index in [9.17, 15) is 4.79 Å². The number of hydrogen-bond acceptors (Lipinski definition) is 4. The standard InChI is InChI=1S/C13H16O4/c1-13(2,3)17-16-12(14)11-10(15-11)9-7-5-4-6-8-9/h4-8,10-11H,1-3H3/t10-,11+/m0/s1. The first-order valence-corrected chi connectivity index (χ1v) is 5.57. The van der Waals surface area contributed by atoms with Gasteiger partial charge < -0.3 is 4.74 Å². The van der Waals surface area contributed by atoms with Crippen LogP contribution in [0.3, 0.4) is 0 Å². The van der Waals surface area contributed by atoms with Crippen LogP contribution < -0.4 is 0 Å². The van der Waals surface area contributed by atoms with Crippen molar-refractivity contribution in [3.05, 3.63) is 35.9 Å². The minimum atomic E-state index is -0.542. The number of hydrogen-bond donors (Lipinski definition) is 0. The van der Waals surface area contributed by atoms with Crippen molar-refractivity contribution in [2.24, 2.45) is 0 Å². The Bertz CT molecular complexity index is 394. The summed E-state index contributed by atoms with van der Waals surface area (Å²) in [6, 6.07) is 9.57. The summed E-state index contributed by atoms with van der Waals surface area (Å²) >= 11 is 0. The second kappa shape index (κ2) is 4.47. The van der Waals surface area contributed by atoms with Crippen LogP contribution in [0.4, 0.5) is 0 Å². The van der Waals surface area contributed by atoms with E-state index in [1.54, 1.807) is 0 Å². The van der Waals surface area contributed by atoms with Gasteiger partial charge in [-0.2, -0.15) is 4.89 Å². The predicted octanol–water partition coefficient (Wildman–Crippen LogP) is 2.40. The molecule has 0 amide bonds. The largest absolute Gasteiger partial charge is 0.373 e. The van der Waals surface area contributed by atoms with Crippen LogP contribution in [0.5, 0.6) is 0 Å². The van der Waals surface area contributed by atoms with Crippen molar-refractivity contribution in [2.45, 2.75) is 38.6 Å². The number of ether oxygens (including phenoxy) is 1. The van der Waals surface area contributed by atoms with E-state index in [1.807, 2.05) is 51.1 Å². The summed E-state index contributed by atoms with van der Waals surface area (Å²) in [5.74, 6) is -0.478. The van der Waals surface area contributed by atoms with Gasteiger partial charge in [-0.05, 0) is 26.3 Å². The van der Waals surface area contributed by atoms with Gasteiger partial charge in [-0.3, -0.25) is 4.89 Å². The number of epoxide rings is 1. The zero-order valence-corrected chi connectivity index (χ0v) is 10.2. The van der Waals surface area contributed by atoms with Gasteiger partial charge in [0.25, 0.3) is 0 Å². The Labute approximate surface area is 100 Å². The second-order valence-corrected chi connectivity index (χ2v) is 4.99. The highest BCUT2D eigenvalue weighted by atomic mass is 17.2. The highest BCUT2D eigenvalue weighted by Gasteiger charge is 2.48. The number of carbonyl (C=O) groups is 1. The molecule has 0 bridgehead atoms. The fraction of sp³-hybridized carbons (Fsp3) is 0.462. The van der Waals surface area contributed by atoms with Gasteiger partial charge in [0.1, 0.15) is 11.7 Å². The van der Waals surface area contributed by atoms with Crippen molar-refractivity contribution in [3.8, 4) is 0 Å². The Morgan fingerprint density at radius 3 is 2.47 bits per heavy atom. The van der Waals surface area contributed by atoms with E-state index in [2.05, 4.69) is 0 Å². The van der Waals surface area contributed by atoms with E-state index in [-0.39, 0.29) is 6.10 Å². The van der Waals surface area contributed by atoms with Gasteiger partial charge in [-0.1, -0.05) is 30.3 Å². The molecule has 4 heteroatoms. The molecule has 4 nitrogen and oxygen atoms in total. The first-order chi connectivity index (χ1) is 7.97. The van der Waals surface area contributed by atoms with Crippen LogP contribution in [0.15, 0.2) is 30.3 Å². The van der Waals surface area contributed by atoms with Crippen molar-refractivity contribution >= 4 is 5.97 Å². The molecule has 17 heavy (non-hydrogen) atoms. The monoisotopic (exact) mass is 236 g/mol. The number of benzene rings is 1. The van der Waals surface area contributed by atoms with Crippen molar-refractivity contribution in [3.63, 3.8) is 0 Å². The van der Waals surface area contributed by atoms with E-state index in [0.29, 0.717) is 0 Å². The van der Waals surface area contributed by atoms with Crippen LogP contribution in [-0.2, 0) is 19.3 Å². The van der Waals surface area contributed by atoms with Crippen LogP contribution in [0, 0.1) is 0 Å². The molecule has 0 saturated carbocycles. The van der Waals surface area contributed by atoms with E-state index in [1.165, 1.54) is 0 Å². The predicted molar refractivity (Wildman–Crippen MR) is 61.0 cm³/mol. The van der Waals surface area contributed by atoms with Gasteiger partial charge in [-0.15, -0.1) is 0 Å². The van der Waals surface area contributed by atoms with Gasteiger partial charge in [0.2, 0.25) is 0 Å². The lowest BCUT2D eigenvalue weighted by molar-refractivity contribution is -0.321. The minimum absolute atomic E-state index is 0.202. The quantitative estimate of drug-likeness (QED) is 0.459. The van der Waals surface area contributed by atoms with E-state index in [0.717, 1.165) is 5.56 Å². The van der Waals surface area contributed by atoms with E-state index < -0.39 is 17.7 Å². The summed E-state index contributed by atoms with van der Waals surface area (Å²) in [7, 11) is 0. The molecule has 2 rings (SSSR count). The van der Waals surface area contributed by atoms with Gasteiger partial charge in [0, 0.05) is 0 Å². The summed E-state index contributed by atoms with van der Waals surface area (Å²) in [4.78, 5) is 21.2. The molecular weight excluding hydrogens is 220 g/mol. The summed E-state index contributed by atoms with van der Waals surface area (Å²) in [5.41, 5.74) is 0.470. The van der Waals surface area contributed by atoms with Crippen LogP contribution in [-0.4, -0.2) is 17.7 Å². The summed E-state index contributed by atoms with van der Waals surface area (Å²) < 4.78 is 5.28. The normalized spacial score (nSPS) is 23.2. The molecule has 0 spiro atoms. The Kier molecular flexibility index (Phi) is 3.17.